The van der Waals surface area contributed by atoms with E-state index in [0.717, 1.165) is 24.5 Å². The maximum absolute atomic E-state index is 6.09. The van der Waals surface area contributed by atoms with Crippen LogP contribution in [-0.2, 0) is 0 Å². The fourth-order valence-electron chi connectivity index (χ4n) is 2.17. The van der Waals surface area contributed by atoms with Crippen molar-refractivity contribution in [2.45, 2.75) is 6.42 Å². The zero-order chi connectivity index (χ0) is 11.5. The van der Waals surface area contributed by atoms with Crippen LogP contribution in [0.15, 0.2) is 18.2 Å². The summed E-state index contributed by atoms with van der Waals surface area (Å²) < 4.78 is 0. The minimum absolute atomic E-state index is 0.695. The smallest absolute Gasteiger partial charge is 0.0763 e. The maximum atomic E-state index is 6.09. The van der Waals surface area contributed by atoms with E-state index in [0.29, 0.717) is 10.9 Å². The summed E-state index contributed by atoms with van der Waals surface area (Å²) in [6, 6.07) is 5.60. The lowest BCUT2D eigenvalue weighted by atomic mass is 10.1. The third-order valence-electron chi connectivity index (χ3n) is 3.10. The predicted molar refractivity (Wildman–Crippen MR) is 70.0 cm³/mol. The van der Waals surface area contributed by atoms with Crippen molar-refractivity contribution in [3.8, 4) is 0 Å². The molecule has 0 amide bonds. The first kappa shape index (κ1) is 11.6. The lowest BCUT2D eigenvalue weighted by Gasteiger charge is -2.15. The summed E-state index contributed by atoms with van der Waals surface area (Å²) in [6.07, 6.45) is 1.24. The molecule has 0 saturated carbocycles. The van der Waals surface area contributed by atoms with Gasteiger partial charge in [-0.15, -0.1) is 0 Å². The summed E-state index contributed by atoms with van der Waals surface area (Å²) in [5, 5.41) is 4.06. The average Bonchev–Trinajstić information content (AvgIpc) is 2.63. The van der Waals surface area contributed by atoms with Gasteiger partial charge in [0.15, 0.2) is 0 Å². The number of hydrogen-bond acceptors (Lipinski definition) is 3. The van der Waals surface area contributed by atoms with Crippen LogP contribution in [-0.4, -0.2) is 31.6 Å². The molecule has 0 radical (unpaired) electrons. The van der Waals surface area contributed by atoms with Gasteiger partial charge >= 0.3 is 0 Å². The highest BCUT2D eigenvalue weighted by molar-refractivity contribution is 6.33. The van der Waals surface area contributed by atoms with Gasteiger partial charge in [-0.05, 0) is 38.1 Å². The lowest BCUT2D eigenvalue weighted by Crippen LogP contribution is -2.19. The van der Waals surface area contributed by atoms with Crippen LogP contribution in [0, 0.1) is 5.92 Å². The summed E-state index contributed by atoms with van der Waals surface area (Å²) in [7, 11) is 2.16. The van der Waals surface area contributed by atoms with Crippen molar-refractivity contribution in [3.63, 3.8) is 0 Å². The van der Waals surface area contributed by atoms with Crippen LogP contribution < -0.4 is 11.1 Å². The largest absolute Gasteiger partial charge is 0.397 e. The number of hydrogen-bond donors (Lipinski definition) is 2. The van der Waals surface area contributed by atoms with Crippen LogP contribution >= 0.6 is 11.6 Å². The Morgan fingerprint density at radius 2 is 2.38 bits per heavy atom. The van der Waals surface area contributed by atoms with Crippen molar-refractivity contribution < 1.29 is 0 Å². The highest BCUT2D eigenvalue weighted by Gasteiger charge is 2.19. The number of nitrogens with zero attached hydrogens (tertiary/aromatic N) is 1. The van der Waals surface area contributed by atoms with E-state index < -0.39 is 0 Å². The number of nitrogen functional groups attached to an aromatic ring is 1. The summed E-state index contributed by atoms with van der Waals surface area (Å²) >= 11 is 6.09. The fourth-order valence-corrected chi connectivity index (χ4v) is 2.42. The molecule has 0 aromatic heterocycles. The molecule has 1 atom stereocenters. The molecule has 1 aliphatic rings. The third kappa shape index (κ3) is 2.60. The highest BCUT2D eigenvalue weighted by Crippen LogP contribution is 2.28. The van der Waals surface area contributed by atoms with Crippen LogP contribution in [0.2, 0.25) is 5.02 Å². The molecule has 3 nitrogen and oxygen atoms in total. The van der Waals surface area contributed by atoms with Crippen LogP contribution in [0.1, 0.15) is 6.42 Å². The second-order valence-electron chi connectivity index (χ2n) is 4.50. The van der Waals surface area contributed by atoms with Gasteiger partial charge in [-0.1, -0.05) is 17.7 Å². The zero-order valence-electron chi connectivity index (χ0n) is 9.54. The van der Waals surface area contributed by atoms with Crippen LogP contribution in [0.25, 0.3) is 0 Å². The summed E-state index contributed by atoms with van der Waals surface area (Å²) in [4.78, 5) is 2.35. The van der Waals surface area contributed by atoms with Gasteiger partial charge < -0.3 is 16.0 Å². The molecule has 1 saturated heterocycles. The van der Waals surface area contributed by atoms with Gasteiger partial charge in [-0.2, -0.15) is 0 Å². The number of benzene rings is 1. The van der Waals surface area contributed by atoms with Gasteiger partial charge in [-0.25, -0.2) is 0 Å². The molecular weight excluding hydrogens is 222 g/mol. The monoisotopic (exact) mass is 239 g/mol. The van der Waals surface area contributed by atoms with E-state index in [9.17, 15) is 0 Å². The molecule has 0 aliphatic carbocycles. The second kappa shape index (κ2) is 4.93. The van der Waals surface area contributed by atoms with Gasteiger partial charge in [0.2, 0.25) is 0 Å². The Morgan fingerprint density at radius 3 is 3.00 bits per heavy atom. The van der Waals surface area contributed by atoms with E-state index in [1.165, 1.54) is 13.0 Å². The molecule has 16 heavy (non-hydrogen) atoms. The Hall–Kier alpha value is -0.930. The van der Waals surface area contributed by atoms with Gasteiger partial charge in [0.1, 0.15) is 0 Å². The molecule has 3 N–H and O–H groups in total. The first-order valence-corrected chi connectivity index (χ1v) is 6.01. The van der Waals surface area contributed by atoms with Crippen LogP contribution in [0.5, 0.6) is 0 Å². The topological polar surface area (TPSA) is 41.3 Å². The third-order valence-corrected chi connectivity index (χ3v) is 3.42. The summed E-state index contributed by atoms with van der Waals surface area (Å²) in [5.74, 6) is 0.695. The Kier molecular flexibility index (Phi) is 3.56. The molecule has 2 rings (SSSR count). The van der Waals surface area contributed by atoms with E-state index in [-0.39, 0.29) is 0 Å². The first-order chi connectivity index (χ1) is 7.66. The Bertz CT molecular complexity index is 347. The summed E-state index contributed by atoms with van der Waals surface area (Å²) in [5.41, 5.74) is 7.47. The lowest BCUT2D eigenvalue weighted by molar-refractivity contribution is 0.399. The molecule has 1 heterocycles. The quantitative estimate of drug-likeness (QED) is 0.796. The minimum atomic E-state index is 0.695. The maximum Gasteiger partial charge on any atom is 0.0763 e. The van der Waals surface area contributed by atoms with Crippen LogP contribution in [0.3, 0.4) is 0 Å². The Morgan fingerprint density at radius 1 is 1.56 bits per heavy atom. The molecule has 1 fully saturated rings. The molecule has 1 unspecified atom stereocenters. The van der Waals surface area contributed by atoms with Gasteiger partial charge in [0.05, 0.1) is 16.4 Å². The van der Waals surface area contributed by atoms with E-state index >= 15 is 0 Å². The normalized spacial score (nSPS) is 21.2. The van der Waals surface area contributed by atoms with Crippen molar-refractivity contribution in [3.05, 3.63) is 23.2 Å². The highest BCUT2D eigenvalue weighted by atomic mass is 35.5. The van der Waals surface area contributed by atoms with E-state index in [1.807, 2.05) is 18.2 Å². The second-order valence-corrected chi connectivity index (χ2v) is 4.91. The van der Waals surface area contributed by atoms with E-state index in [2.05, 4.69) is 17.3 Å². The van der Waals surface area contributed by atoms with Crippen molar-refractivity contribution in [2.24, 2.45) is 5.92 Å². The van der Waals surface area contributed by atoms with Crippen molar-refractivity contribution in [2.75, 3.05) is 37.7 Å². The van der Waals surface area contributed by atoms with Crippen LogP contribution in [0.4, 0.5) is 11.4 Å². The van der Waals surface area contributed by atoms with E-state index in [1.54, 1.807) is 0 Å². The van der Waals surface area contributed by atoms with Crippen molar-refractivity contribution in [1.82, 2.24) is 4.90 Å². The fraction of sp³-hybridized carbons (Fsp3) is 0.500. The predicted octanol–water partition coefficient (Wildman–Crippen LogP) is 2.29. The van der Waals surface area contributed by atoms with Gasteiger partial charge in [0.25, 0.3) is 0 Å². The number of rotatable bonds is 3. The van der Waals surface area contributed by atoms with Gasteiger partial charge in [-0.3, -0.25) is 0 Å². The summed E-state index contributed by atoms with van der Waals surface area (Å²) in [6.45, 7) is 3.28. The molecule has 0 bridgehead atoms. The zero-order valence-corrected chi connectivity index (χ0v) is 10.3. The SMILES string of the molecule is CN1CCC(CNc2c(N)cccc2Cl)C1. The molecule has 88 valence electrons. The molecule has 1 aliphatic heterocycles. The minimum Gasteiger partial charge on any atom is -0.397 e. The first-order valence-electron chi connectivity index (χ1n) is 5.63. The average molecular weight is 240 g/mol. The standard InChI is InChI=1S/C12H18ClN3/c1-16-6-5-9(8-16)7-15-12-10(13)3-2-4-11(12)14/h2-4,9,15H,5-8,14H2,1H3. The van der Waals surface area contributed by atoms with E-state index in [4.69, 9.17) is 17.3 Å². The molecule has 1 aromatic carbocycles. The number of likely N-dealkylation sites (tertiary alicyclic amines) is 1. The number of nitrogens with two attached hydrogens (primary N) is 1. The molecule has 4 heteroatoms. The number of anilines is 2. The Balaban J connectivity index is 1.94. The molecule has 1 aromatic rings. The number of para-hydroxylation sites is 1. The molecular formula is C12H18ClN3. The van der Waals surface area contributed by atoms with Crippen molar-refractivity contribution >= 4 is 23.0 Å². The van der Waals surface area contributed by atoms with Gasteiger partial charge in [0, 0.05) is 13.1 Å². The molecule has 0 spiro atoms. The number of nitrogens with one attached hydrogen (secondary N) is 1. The van der Waals surface area contributed by atoms with Crippen molar-refractivity contribution in [1.29, 1.82) is 0 Å². The number of halogens is 1. The Labute approximate surface area is 102 Å².